The molecule has 1 aromatic carbocycles. The van der Waals surface area contributed by atoms with Gasteiger partial charge in [-0.2, -0.15) is 0 Å². The lowest BCUT2D eigenvalue weighted by Gasteiger charge is -2.27. The molecule has 2 unspecified atom stereocenters. The van der Waals surface area contributed by atoms with Gasteiger partial charge < -0.3 is 10.2 Å². The van der Waals surface area contributed by atoms with E-state index in [-0.39, 0.29) is 5.82 Å². The van der Waals surface area contributed by atoms with Gasteiger partial charge in [0.25, 0.3) is 0 Å². The predicted molar refractivity (Wildman–Crippen MR) is 84.4 cm³/mol. The van der Waals surface area contributed by atoms with Crippen LogP contribution in [0.1, 0.15) is 51.6 Å². The van der Waals surface area contributed by atoms with Crippen LogP contribution in [0.3, 0.4) is 0 Å². The van der Waals surface area contributed by atoms with E-state index < -0.39 is 0 Å². The lowest BCUT2D eigenvalue weighted by molar-refractivity contribution is 0.231. The van der Waals surface area contributed by atoms with Crippen molar-refractivity contribution in [1.82, 2.24) is 10.2 Å². The van der Waals surface area contributed by atoms with Gasteiger partial charge in [0.15, 0.2) is 0 Å². The van der Waals surface area contributed by atoms with Crippen LogP contribution in [0.25, 0.3) is 0 Å². The number of nitrogens with zero attached hydrogens (tertiary/aromatic N) is 1. The summed E-state index contributed by atoms with van der Waals surface area (Å²) in [5, 5.41) is 3.50. The maximum atomic E-state index is 13.0. The lowest BCUT2D eigenvalue weighted by atomic mass is 10.0. The summed E-state index contributed by atoms with van der Waals surface area (Å²) < 4.78 is 13.0. The number of hydrogen-bond donors (Lipinski definition) is 1. The highest BCUT2D eigenvalue weighted by Crippen LogP contribution is 2.18. The van der Waals surface area contributed by atoms with Gasteiger partial charge in [-0.15, -0.1) is 0 Å². The minimum atomic E-state index is -0.169. The van der Waals surface area contributed by atoms with Crippen LogP contribution in [0, 0.1) is 5.82 Å². The third-order valence-corrected chi connectivity index (χ3v) is 3.95. The van der Waals surface area contributed by atoms with Crippen LogP contribution in [0.5, 0.6) is 0 Å². The Labute approximate surface area is 123 Å². The first kappa shape index (κ1) is 17.1. The summed E-state index contributed by atoms with van der Waals surface area (Å²) in [5.41, 5.74) is 1.17. The second-order valence-electron chi connectivity index (χ2n) is 5.57. The smallest absolute Gasteiger partial charge is 0.123 e. The van der Waals surface area contributed by atoms with E-state index in [1.165, 1.54) is 18.4 Å². The first-order valence-corrected chi connectivity index (χ1v) is 7.77. The Hall–Kier alpha value is -0.930. The monoisotopic (exact) mass is 280 g/mol. The summed E-state index contributed by atoms with van der Waals surface area (Å²) in [4.78, 5) is 2.41. The van der Waals surface area contributed by atoms with Crippen molar-refractivity contribution in [2.24, 2.45) is 0 Å². The summed E-state index contributed by atoms with van der Waals surface area (Å²) in [6, 6.07) is 7.79. The van der Waals surface area contributed by atoms with Crippen LogP contribution < -0.4 is 5.32 Å². The summed E-state index contributed by atoms with van der Waals surface area (Å²) >= 11 is 0. The van der Waals surface area contributed by atoms with Crippen molar-refractivity contribution in [2.45, 2.75) is 52.1 Å². The molecule has 0 aliphatic carbocycles. The van der Waals surface area contributed by atoms with Gasteiger partial charge in [0.1, 0.15) is 5.82 Å². The Kier molecular flexibility index (Phi) is 7.78. The van der Waals surface area contributed by atoms with Gasteiger partial charge in [-0.3, -0.25) is 0 Å². The fraction of sp³-hybridized carbons (Fsp3) is 0.647. The molecule has 0 bridgehead atoms. The highest BCUT2D eigenvalue weighted by Gasteiger charge is 2.14. The molecule has 1 rings (SSSR count). The zero-order valence-corrected chi connectivity index (χ0v) is 13.3. The standard InChI is InChI=1S/C17H29FN2/c1-5-7-14(3)20(4)13-12-17(19-6-2)15-8-10-16(18)11-9-15/h8-11,14,17,19H,5-7,12-13H2,1-4H3. The minimum absolute atomic E-state index is 0.169. The largest absolute Gasteiger partial charge is 0.310 e. The topological polar surface area (TPSA) is 15.3 Å². The van der Waals surface area contributed by atoms with E-state index in [4.69, 9.17) is 0 Å². The number of hydrogen-bond acceptors (Lipinski definition) is 2. The molecule has 0 aliphatic rings. The molecule has 0 radical (unpaired) electrons. The molecule has 1 aromatic rings. The molecule has 0 saturated heterocycles. The Balaban J connectivity index is 2.57. The zero-order valence-electron chi connectivity index (χ0n) is 13.3. The molecule has 1 N–H and O–H groups in total. The summed E-state index contributed by atoms with van der Waals surface area (Å²) in [6.07, 6.45) is 3.50. The molecular formula is C17H29FN2. The Morgan fingerprint density at radius 1 is 1.15 bits per heavy atom. The molecule has 2 atom stereocenters. The molecule has 0 aromatic heterocycles. The fourth-order valence-electron chi connectivity index (χ4n) is 2.52. The van der Waals surface area contributed by atoms with Gasteiger partial charge in [-0.1, -0.05) is 32.4 Å². The number of rotatable bonds is 9. The maximum Gasteiger partial charge on any atom is 0.123 e. The third-order valence-electron chi connectivity index (χ3n) is 3.95. The van der Waals surface area contributed by atoms with E-state index in [9.17, 15) is 4.39 Å². The van der Waals surface area contributed by atoms with Crippen LogP contribution in [0.2, 0.25) is 0 Å². The van der Waals surface area contributed by atoms with Crippen LogP contribution in [-0.2, 0) is 0 Å². The van der Waals surface area contributed by atoms with E-state index in [2.05, 4.69) is 38.0 Å². The van der Waals surface area contributed by atoms with Gasteiger partial charge in [0, 0.05) is 12.1 Å². The molecule has 3 heteroatoms. The van der Waals surface area contributed by atoms with E-state index in [0.29, 0.717) is 12.1 Å². The molecule has 0 saturated carbocycles. The summed E-state index contributed by atoms with van der Waals surface area (Å²) in [7, 11) is 2.19. The first-order valence-electron chi connectivity index (χ1n) is 7.77. The summed E-state index contributed by atoms with van der Waals surface area (Å²) in [5.74, 6) is -0.169. The van der Waals surface area contributed by atoms with Crippen molar-refractivity contribution in [1.29, 1.82) is 0 Å². The molecule has 0 aliphatic heterocycles. The summed E-state index contributed by atoms with van der Waals surface area (Å²) in [6.45, 7) is 8.60. The highest BCUT2D eigenvalue weighted by atomic mass is 19.1. The van der Waals surface area contributed by atoms with Crippen molar-refractivity contribution < 1.29 is 4.39 Å². The van der Waals surface area contributed by atoms with Gasteiger partial charge in [0.2, 0.25) is 0 Å². The molecule has 2 nitrogen and oxygen atoms in total. The molecule has 0 fully saturated rings. The van der Waals surface area contributed by atoms with Crippen molar-refractivity contribution in [3.8, 4) is 0 Å². The number of halogens is 1. The molecule has 0 amide bonds. The molecule has 114 valence electrons. The lowest BCUT2D eigenvalue weighted by Crippen LogP contribution is -2.32. The number of benzene rings is 1. The Morgan fingerprint density at radius 3 is 2.35 bits per heavy atom. The number of nitrogens with one attached hydrogen (secondary N) is 1. The zero-order chi connectivity index (χ0) is 15.0. The van der Waals surface area contributed by atoms with Crippen LogP contribution >= 0.6 is 0 Å². The van der Waals surface area contributed by atoms with Crippen LogP contribution in [0.4, 0.5) is 4.39 Å². The molecule has 0 heterocycles. The highest BCUT2D eigenvalue weighted by molar-refractivity contribution is 5.19. The SMILES string of the molecule is CCCC(C)N(C)CCC(NCC)c1ccc(F)cc1. The van der Waals surface area contributed by atoms with Gasteiger partial charge in [-0.25, -0.2) is 4.39 Å². The Morgan fingerprint density at radius 2 is 1.80 bits per heavy atom. The van der Waals surface area contributed by atoms with E-state index in [1.54, 1.807) is 12.1 Å². The third kappa shape index (κ3) is 5.59. The normalized spacial score (nSPS) is 14.5. The quantitative estimate of drug-likeness (QED) is 0.736. The minimum Gasteiger partial charge on any atom is -0.310 e. The van der Waals surface area contributed by atoms with E-state index >= 15 is 0 Å². The average Bonchev–Trinajstić information content (AvgIpc) is 2.44. The second-order valence-corrected chi connectivity index (χ2v) is 5.57. The van der Waals surface area contributed by atoms with Gasteiger partial charge in [-0.05, 0) is 57.6 Å². The average molecular weight is 280 g/mol. The molecular weight excluding hydrogens is 251 g/mol. The first-order chi connectivity index (χ1) is 9.58. The molecule has 20 heavy (non-hydrogen) atoms. The molecule has 0 spiro atoms. The maximum absolute atomic E-state index is 13.0. The fourth-order valence-corrected chi connectivity index (χ4v) is 2.52. The van der Waals surface area contributed by atoms with Crippen molar-refractivity contribution in [3.63, 3.8) is 0 Å². The van der Waals surface area contributed by atoms with Crippen molar-refractivity contribution in [3.05, 3.63) is 35.6 Å². The predicted octanol–water partition coefficient (Wildman–Crippen LogP) is 3.99. The van der Waals surface area contributed by atoms with Crippen LogP contribution in [-0.4, -0.2) is 31.1 Å². The van der Waals surface area contributed by atoms with Crippen LogP contribution in [0.15, 0.2) is 24.3 Å². The van der Waals surface area contributed by atoms with E-state index in [1.807, 2.05) is 12.1 Å². The Bertz CT molecular complexity index is 364. The van der Waals surface area contributed by atoms with Crippen molar-refractivity contribution >= 4 is 0 Å². The van der Waals surface area contributed by atoms with E-state index in [0.717, 1.165) is 19.5 Å². The second kappa shape index (κ2) is 9.09. The van der Waals surface area contributed by atoms with Crippen molar-refractivity contribution in [2.75, 3.05) is 20.1 Å². The van der Waals surface area contributed by atoms with Gasteiger partial charge in [0.05, 0.1) is 0 Å². The van der Waals surface area contributed by atoms with Gasteiger partial charge >= 0.3 is 0 Å².